The number of fused-ring (bicyclic) bond motifs is 1. The van der Waals surface area contributed by atoms with Crippen molar-refractivity contribution in [2.24, 2.45) is 0 Å². The first-order valence-corrected chi connectivity index (χ1v) is 19.5. The Labute approximate surface area is 325 Å². The summed E-state index contributed by atoms with van der Waals surface area (Å²) in [4.78, 5) is 73.1. The molecule has 12 heteroatoms. The van der Waals surface area contributed by atoms with Crippen molar-refractivity contribution in [3.8, 4) is 5.75 Å². The highest BCUT2D eigenvalue weighted by Gasteiger charge is 2.29. The Hall–Kier alpha value is -5.23. The van der Waals surface area contributed by atoms with E-state index in [0.717, 1.165) is 36.3 Å². The summed E-state index contributed by atoms with van der Waals surface area (Å²) in [7, 11) is 3.34. The topological polar surface area (TPSA) is 140 Å². The minimum atomic E-state index is -1.01. The van der Waals surface area contributed by atoms with Crippen molar-refractivity contribution < 1.29 is 28.7 Å². The van der Waals surface area contributed by atoms with E-state index in [1.165, 1.54) is 24.2 Å². The van der Waals surface area contributed by atoms with E-state index in [4.69, 9.17) is 4.74 Å². The number of amides is 5. The van der Waals surface area contributed by atoms with Gasteiger partial charge in [-0.05, 0) is 80.9 Å². The summed E-state index contributed by atoms with van der Waals surface area (Å²) >= 11 is 0. The lowest BCUT2D eigenvalue weighted by Gasteiger charge is -2.31. The molecule has 5 rings (SSSR count). The van der Waals surface area contributed by atoms with Crippen LogP contribution < -0.4 is 20.7 Å². The highest BCUT2D eigenvalue weighted by Crippen LogP contribution is 2.21. The molecule has 3 N–H and O–H groups in total. The fraction of sp³-hybridized carbons (Fsp3) is 0.465. The maximum Gasteiger partial charge on any atom is 0.255 e. The predicted molar refractivity (Wildman–Crippen MR) is 211 cm³/mol. The van der Waals surface area contributed by atoms with Crippen LogP contribution in [-0.4, -0.2) is 103 Å². The van der Waals surface area contributed by atoms with Crippen LogP contribution in [0.3, 0.4) is 0 Å². The first-order valence-electron chi connectivity index (χ1n) is 19.5. The van der Waals surface area contributed by atoms with Crippen molar-refractivity contribution >= 4 is 29.5 Å². The molecule has 2 aliphatic heterocycles. The van der Waals surface area contributed by atoms with Gasteiger partial charge in [0.2, 0.25) is 23.6 Å². The summed E-state index contributed by atoms with van der Waals surface area (Å²) < 4.78 is 6.30. The highest BCUT2D eigenvalue weighted by molar-refractivity contribution is 5.99. The lowest BCUT2D eigenvalue weighted by atomic mass is 10.0. The summed E-state index contributed by atoms with van der Waals surface area (Å²) in [5, 5.41) is 8.74. The fourth-order valence-electron chi connectivity index (χ4n) is 7.13. The van der Waals surface area contributed by atoms with Gasteiger partial charge in [-0.3, -0.25) is 28.9 Å². The van der Waals surface area contributed by atoms with Crippen molar-refractivity contribution in [1.29, 1.82) is 0 Å². The van der Waals surface area contributed by atoms with E-state index in [9.17, 15) is 24.0 Å². The summed E-state index contributed by atoms with van der Waals surface area (Å²) in [5.74, 6) is -1.41. The molecule has 3 atom stereocenters. The average molecular weight is 753 g/mol. The van der Waals surface area contributed by atoms with Crippen LogP contribution in [-0.2, 0) is 38.7 Å². The van der Waals surface area contributed by atoms with Gasteiger partial charge in [-0.2, -0.15) is 0 Å². The van der Waals surface area contributed by atoms with Crippen molar-refractivity contribution in [1.82, 2.24) is 30.7 Å². The molecule has 294 valence electrons. The van der Waals surface area contributed by atoms with Crippen LogP contribution in [0, 0.1) is 0 Å². The van der Waals surface area contributed by atoms with Crippen molar-refractivity contribution in [3.05, 3.63) is 101 Å². The van der Waals surface area contributed by atoms with Crippen LogP contribution >= 0.6 is 0 Å². The number of hydrogen-bond donors (Lipinski definition) is 3. The van der Waals surface area contributed by atoms with Crippen molar-refractivity contribution in [3.63, 3.8) is 0 Å². The normalized spacial score (nSPS) is 21.5. The van der Waals surface area contributed by atoms with Gasteiger partial charge in [-0.25, -0.2) is 0 Å². The maximum absolute atomic E-state index is 14.0. The quantitative estimate of drug-likeness (QED) is 0.331. The fourth-order valence-corrected chi connectivity index (χ4v) is 7.13. The van der Waals surface area contributed by atoms with Crippen LogP contribution in [0.2, 0.25) is 0 Å². The SMILES string of the molecule is C[C@@H]1NC(=O)CCCN(C)C(=O)CC[C@@H](C(=O)NCc2ccccc2CN2CCCCC2)NC(=O)c2ccccc2OC[C@H](Cc2ccccc2)N(C)C1=O. The summed E-state index contributed by atoms with van der Waals surface area (Å²) in [5.41, 5.74) is 3.36. The van der Waals surface area contributed by atoms with Gasteiger partial charge in [0.25, 0.3) is 5.91 Å². The lowest BCUT2D eigenvalue weighted by molar-refractivity contribution is -0.137. The molecule has 1 fully saturated rings. The Morgan fingerprint density at radius 3 is 2.25 bits per heavy atom. The molecule has 3 aromatic rings. The van der Waals surface area contributed by atoms with Gasteiger partial charge in [0.1, 0.15) is 24.4 Å². The van der Waals surface area contributed by atoms with E-state index >= 15 is 0 Å². The zero-order chi connectivity index (χ0) is 39.2. The molecule has 3 aromatic carbocycles. The molecular formula is C43H56N6O6. The number of carbonyl (C=O) groups is 5. The third-order valence-electron chi connectivity index (χ3n) is 10.5. The zero-order valence-electron chi connectivity index (χ0n) is 32.4. The second kappa shape index (κ2) is 20.5. The van der Waals surface area contributed by atoms with E-state index in [1.54, 1.807) is 50.2 Å². The standard InChI is InChI=1S/C43H56N6O6/c1-31-43(54)48(3)35(27-32-15-6-4-7-16-32)30-55-38-20-11-10-19-36(38)41(52)46-37(22-23-40(51)47(2)24-14-21-39(50)45-31)42(53)44-28-33-17-8-9-18-34(33)29-49-25-12-5-13-26-49/h4,6-11,15-20,31,35,37H,5,12-14,21-30H2,1-3H3,(H,44,53)(H,45,50)(H,46,52)/t31-,35-,37-/m0/s1. The van der Waals surface area contributed by atoms with E-state index in [0.29, 0.717) is 19.4 Å². The molecule has 0 unspecified atom stereocenters. The van der Waals surface area contributed by atoms with E-state index < -0.39 is 29.9 Å². The summed E-state index contributed by atoms with van der Waals surface area (Å²) in [6, 6.07) is 22.3. The number of hydrogen-bond acceptors (Lipinski definition) is 7. The monoisotopic (exact) mass is 752 g/mol. The molecule has 55 heavy (non-hydrogen) atoms. The number of para-hydroxylation sites is 1. The molecule has 2 heterocycles. The lowest BCUT2D eigenvalue weighted by Crippen LogP contribution is -2.51. The van der Waals surface area contributed by atoms with Crippen LogP contribution in [0.15, 0.2) is 78.9 Å². The van der Waals surface area contributed by atoms with E-state index in [1.807, 2.05) is 48.5 Å². The van der Waals surface area contributed by atoms with Crippen LogP contribution in [0.25, 0.3) is 0 Å². The number of piperidine rings is 1. The third kappa shape index (κ3) is 12.1. The first-order chi connectivity index (χ1) is 26.6. The molecular weight excluding hydrogens is 697 g/mol. The number of nitrogens with zero attached hydrogens (tertiary/aromatic N) is 3. The zero-order valence-corrected chi connectivity index (χ0v) is 32.4. The average Bonchev–Trinajstić information content (AvgIpc) is 3.20. The summed E-state index contributed by atoms with van der Waals surface area (Å²) in [6.07, 6.45) is 4.69. The molecule has 12 nitrogen and oxygen atoms in total. The van der Waals surface area contributed by atoms with Gasteiger partial charge < -0.3 is 30.5 Å². The van der Waals surface area contributed by atoms with Crippen LogP contribution in [0.5, 0.6) is 5.75 Å². The van der Waals surface area contributed by atoms with Gasteiger partial charge in [0.05, 0.1) is 11.6 Å². The second-order valence-electron chi connectivity index (χ2n) is 14.7. The minimum absolute atomic E-state index is 0.00376. The Morgan fingerprint density at radius 2 is 1.49 bits per heavy atom. The van der Waals surface area contributed by atoms with E-state index in [2.05, 4.69) is 26.9 Å². The first kappa shape index (κ1) is 40.9. The number of likely N-dealkylation sites (N-methyl/N-ethyl adjacent to an activating group) is 1. The van der Waals surface area contributed by atoms with Gasteiger partial charge in [0.15, 0.2) is 0 Å². The molecule has 0 bridgehead atoms. The second-order valence-corrected chi connectivity index (χ2v) is 14.7. The van der Waals surface area contributed by atoms with Crippen molar-refractivity contribution in [2.75, 3.05) is 40.3 Å². The van der Waals surface area contributed by atoms with Crippen molar-refractivity contribution in [2.45, 2.75) is 89.5 Å². The number of nitrogens with one attached hydrogen (secondary N) is 3. The van der Waals surface area contributed by atoms with Crippen LogP contribution in [0.1, 0.15) is 78.9 Å². The van der Waals surface area contributed by atoms with Gasteiger partial charge >= 0.3 is 0 Å². The van der Waals surface area contributed by atoms with E-state index in [-0.39, 0.29) is 61.4 Å². The largest absolute Gasteiger partial charge is 0.491 e. The molecule has 0 spiro atoms. The molecule has 5 amide bonds. The van der Waals surface area contributed by atoms with Gasteiger partial charge in [0, 0.05) is 46.6 Å². The number of benzene rings is 3. The maximum atomic E-state index is 14.0. The molecule has 0 aromatic heterocycles. The molecule has 0 aliphatic carbocycles. The Bertz CT molecular complexity index is 1760. The summed E-state index contributed by atoms with van der Waals surface area (Å²) in [6.45, 7) is 5.21. The van der Waals surface area contributed by atoms with Gasteiger partial charge in [-0.1, -0.05) is 73.2 Å². The minimum Gasteiger partial charge on any atom is -0.491 e. The number of likely N-dealkylation sites (tertiary alicyclic amines) is 1. The van der Waals surface area contributed by atoms with Crippen LogP contribution in [0.4, 0.5) is 0 Å². The Morgan fingerprint density at radius 1 is 0.800 bits per heavy atom. The molecule has 1 saturated heterocycles. The number of rotatable bonds is 7. The third-order valence-corrected chi connectivity index (χ3v) is 10.5. The Balaban J connectivity index is 1.37. The number of ether oxygens (including phenoxy) is 1. The highest BCUT2D eigenvalue weighted by atomic mass is 16.5. The predicted octanol–water partition coefficient (Wildman–Crippen LogP) is 4.07. The molecule has 0 saturated carbocycles. The molecule has 0 radical (unpaired) electrons. The number of carbonyl (C=O) groups excluding carboxylic acids is 5. The van der Waals surface area contributed by atoms with Gasteiger partial charge in [-0.15, -0.1) is 0 Å². The molecule has 2 aliphatic rings. The smallest absolute Gasteiger partial charge is 0.255 e. The Kier molecular flexibility index (Phi) is 15.2.